The molecule has 3 rings (SSSR count). The minimum Gasteiger partial charge on any atom is -0.487 e. The maximum atomic E-state index is 12.5. The Balaban J connectivity index is 1.74. The molecule has 0 heterocycles. The number of non-ortho nitro benzene ring substituents is 1. The molecule has 0 atom stereocenters. The Labute approximate surface area is 195 Å². The lowest BCUT2D eigenvalue weighted by Crippen LogP contribution is -2.29. The monoisotopic (exact) mass is 462 g/mol. The van der Waals surface area contributed by atoms with Crippen molar-refractivity contribution in [2.24, 2.45) is 0 Å². The molecule has 0 bridgehead atoms. The summed E-state index contributed by atoms with van der Waals surface area (Å²) in [6, 6.07) is 19.7. The van der Waals surface area contributed by atoms with Crippen LogP contribution in [-0.2, 0) is 9.53 Å². The smallest absolute Gasteiger partial charge is 0.419 e. The van der Waals surface area contributed by atoms with Gasteiger partial charge >= 0.3 is 12.1 Å². The number of carbonyl (C=O) groups excluding carboxylic acids is 1. The first-order valence-corrected chi connectivity index (χ1v) is 10.3. The van der Waals surface area contributed by atoms with Gasteiger partial charge in [-0.1, -0.05) is 36.4 Å². The highest BCUT2D eigenvalue weighted by atomic mass is 16.6. The lowest BCUT2D eigenvalue weighted by atomic mass is 10.0. The normalized spacial score (nSPS) is 10.9. The summed E-state index contributed by atoms with van der Waals surface area (Å²) in [6.45, 7) is 1.97. The number of benzene rings is 3. The summed E-state index contributed by atoms with van der Waals surface area (Å²) in [5, 5.41) is 19.9. The Kier molecular flexibility index (Phi) is 7.60. The van der Waals surface area contributed by atoms with Gasteiger partial charge in [0.1, 0.15) is 5.75 Å². The highest BCUT2D eigenvalue weighted by molar-refractivity contribution is 5.90. The summed E-state index contributed by atoms with van der Waals surface area (Å²) in [5.74, 6) is -1.08. The number of rotatable bonds is 8. The molecule has 9 heteroatoms. The highest BCUT2D eigenvalue weighted by Gasteiger charge is 2.15. The number of ether oxygens (including phenoxy) is 2. The van der Waals surface area contributed by atoms with Crippen LogP contribution in [0.15, 0.2) is 78.6 Å². The number of hydrogen-bond acceptors (Lipinski definition) is 6. The first-order chi connectivity index (χ1) is 16.3. The zero-order chi connectivity index (χ0) is 24.7. The van der Waals surface area contributed by atoms with E-state index in [0.29, 0.717) is 11.3 Å². The topological polar surface area (TPSA) is 119 Å². The number of amides is 1. The molecule has 0 unspecified atom stereocenters. The van der Waals surface area contributed by atoms with E-state index in [1.165, 1.54) is 35.2 Å². The minimum absolute atomic E-state index is 0.0977. The Hall–Kier alpha value is -4.66. The average Bonchev–Trinajstić information content (AvgIpc) is 2.84. The van der Waals surface area contributed by atoms with E-state index in [9.17, 15) is 24.8 Å². The van der Waals surface area contributed by atoms with Gasteiger partial charge in [-0.15, -0.1) is 0 Å². The first kappa shape index (κ1) is 24.0. The fraction of sp³-hybridized carbons (Fsp3) is 0.120. The van der Waals surface area contributed by atoms with Crippen LogP contribution in [0.2, 0.25) is 0 Å². The Morgan fingerprint density at radius 3 is 2.29 bits per heavy atom. The summed E-state index contributed by atoms with van der Waals surface area (Å²) in [6.07, 6.45) is 0.803. The molecule has 174 valence electrons. The summed E-state index contributed by atoms with van der Waals surface area (Å²) in [7, 11) is 1.56. The van der Waals surface area contributed by atoms with Crippen molar-refractivity contribution >= 4 is 29.5 Å². The van der Waals surface area contributed by atoms with E-state index in [-0.39, 0.29) is 23.8 Å². The number of nitro groups is 1. The molecule has 34 heavy (non-hydrogen) atoms. The lowest BCUT2D eigenvalue weighted by Gasteiger charge is -2.18. The fourth-order valence-electron chi connectivity index (χ4n) is 3.05. The van der Waals surface area contributed by atoms with Crippen LogP contribution in [0.25, 0.3) is 17.2 Å². The maximum Gasteiger partial charge on any atom is 0.419 e. The quantitative estimate of drug-likeness (QED) is 0.207. The van der Waals surface area contributed by atoms with Crippen molar-refractivity contribution < 1.29 is 29.1 Å². The van der Waals surface area contributed by atoms with Gasteiger partial charge < -0.3 is 14.6 Å². The van der Waals surface area contributed by atoms with Gasteiger partial charge in [0.2, 0.25) is 5.76 Å². The minimum atomic E-state index is -1.14. The fourth-order valence-corrected chi connectivity index (χ4v) is 3.05. The van der Waals surface area contributed by atoms with Crippen LogP contribution < -0.4 is 9.64 Å². The second-order valence-electron chi connectivity index (χ2n) is 7.10. The highest BCUT2D eigenvalue weighted by Crippen LogP contribution is 2.26. The van der Waals surface area contributed by atoms with Gasteiger partial charge in [0.05, 0.1) is 11.5 Å². The van der Waals surface area contributed by atoms with Gasteiger partial charge in [0.15, 0.2) is 0 Å². The molecule has 3 aromatic rings. The molecule has 0 fully saturated rings. The number of hydrogen-bond donors (Lipinski definition) is 1. The third-order valence-electron chi connectivity index (χ3n) is 4.81. The van der Waals surface area contributed by atoms with Crippen molar-refractivity contribution in [3.05, 3.63) is 94.2 Å². The summed E-state index contributed by atoms with van der Waals surface area (Å²) >= 11 is 0. The zero-order valence-electron chi connectivity index (χ0n) is 18.5. The SMILES string of the molecule is CCOC(=Cc1ccc(-c2cccc(N(C)C(=O)Oc3ccc([N+](=O)[O-])cc3)c2)cc1)C(=O)O. The molecule has 1 amide bonds. The summed E-state index contributed by atoms with van der Waals surface area (Å²) < 4.78 is 10.4. The number of carbonyl (C=O) groups is 2. The number of anilines is 1. The number of carboxylic acid groups (broad SMARTS) is 1. The molecule has 0 saturated carbocycles. The van der Waals surface area contributed by atoms with Crippen LogP contribution in [0.1, 0.15) is 12.5 Å². The molecule has 0 aliphatic rings. The lowest BCUT2D eigenvalue weighted by molar-refractivity contribution is -0.384. The predicted molar refractivity (Wildman–Crippen MR) is 127 cm³/mol. The van der Waals surface area contributed by atoms with Crippen LogP contribution in [0.4, 0.5) is 16.2 Å². The molecule has 0 saturated heterocycles. The Morgan fingerprint density at radius 2 is 1.71 bits per heavy atom. The Bertz CT molecular complexity index is 1220. The maximum absolute atomic E-state index is 12.5. The molecule has 1 N–H and O–H groups in total. The number of aliphatic carboxylic acids is 1. The predicted octanol–water partition coefficient (Wildman–Crippen LogP) is 5.36. The van der Waals surface area contributed by atoms with Crippen LogP contribution in [0.3, 0.4) is 0 Å². The molecular formula is C25H22N2O7. The molecule has 0 aliphatic carbocycles. The van der Waals surface area contributed by atoms with Crippen LogP contribution in [0, 0.1) is 10.1 Å². The largest absolute Gasteiger partial charge is 0.487 e. The summed E-state index contributed by atoms with van der Waals surface area (Å²) in [5.41, 5.74) is 2.86. The van der Waals surface area contributed by atoms with Gasteiger partial charge in [0.25, 0.3) is 5.69 Å². The van der Waals surface area contributed by atoms with E-state index in [4.69, 9.17) is 9.47 Å². The van der Waals surface area contributed by atoms with Gasteiger partial charge in [-0.25, -0.2) is 9.59 Å². The zero-order valence-corrected chi connectivity index (χ0v) is 18.5. The second-order valence-corrected chi connectivity index (χ2v) is 7.10. The number of carboxylic acids is 1. The standard InChI is InChI=1S/C25H22N2O7/c1-3-33-23(24(28)29)15-17-7-9-18(10-8-17)19-5-4-6-21(16-19)26(2)25(30)34-22-13-11-20(12-14-22)27(31)32/h4-16H,3H2,1-2H3,(H,28,29). The first-order valence-electron chi connectivity index (χ1n) is 10.3. The molecule has 0 radical (unpaired) electrons. The van der Waals surface area contributed by atoms with Crippen molar-refractivity contribution in [1.82, 2.24) is 0 Å². The third kappa shape index (κ3) is 5.98. The van der Waals surface area contributed by atoms with Crippen LogP contribution >= 0.6 is 0 Å². The van der Waals surface area contributed by atoms with E-state index < -0.39 is 17.0 Å². The van der Waals surface area contributed by atoms with E-state index in [1.807, 2.05) is 24.3 Å². The van der Waals surface area contributed by atoms with Gasteiger partial charge in [0, 0.05) is 24.9 Å². The van der Waals surface area contributed by atoms with Crippen molar-refractivity contribution in [2.45, 2.75) is 6.92 Å². The molecule has 0 spiro atoms. The van der Waals surface area contributed by atoms with Crippen molar-refractivity contribution in [2.75, 3.05) is 18.6 Å². The van der Waals surface area contributed by atoms with E-state index in [2.05, 4.69) is 0 Å². The van der Waals surface area contributed by atoms with Crippen molar-refractivity contribution in [3.8, 4) is 16.9 Å². The third-order valence-corrected chi connectivity index (χ3v) is 4.81. The number of nitro benzene ring substituents is 1. The molecule has 9 nitrogen and oxygen atoms in total. The molecular weight excluding hydrogens is 440 g/mol. The van der Waals surface area contributed by atoms with E-state index >= 15 is 0 Å². The van der Waals surface area contributed by atoms with Gasteiger partial charge in [-0.3, -0.25) is 15.0 Å². The number of nitrogens with zero attached hydrogens (tertiary/aromatic N) is 2. The molecule has 3 aromatic carbocycles. The van der Waals surface area contributed by atoms with Gasteiger partial charge in [-0.2, -0.15) is 0 Å². The van der Waals surface area contributed by atoms with E-state index in [1.54, 1.807) is 38.2 Å². The Morgan fingerprint density at radius 1 is 1.03 bits per heavy atom. The second kappa shape index (κ2) is 10.8. The van der Waals surface area contributed by atoms with Crippen LogP contribution in [0.5, 0.6) is 5.75 Å². The summed E-state index contributed by atoms with van der Waals surface area (Å²) in [4.78, 5) is 35.3. The van der Waals surface area contributed by atoms with Gasteiger partial charge in [-0.05, 0) is 54.0 Å². The van der Waals surface area contributed by atoms with Crippen molar-refractivity contribution in [3.63, 3.8) is 0 Å². The van der Waals surface area contributed by atoms with E-state index in [0.717, 1.165) is 11.1 Å². The van der Waals surface area contributed by atoms with Crippen LogP contribution in [-0.4, -0.2) is 35.7 Å². The average molecular weight is 462 g/mol. The molecule has 0 aromatic heterocycles. The van der Waals surface area contributed by atoms with Crippen molar-refractivity contribution in [1.29, 1.82) is 0 Å². The molecule has 0 aliphatic heterocycles.